The summed E-state index contributed by atoms with van der Waals surface area (Å²) in [5, 5.41) is 0. The van der Waals surface area contributed by atoms with Gasteiger partial charge in [0.05, 0.1) is 6.61 Å². The Hall–Kier alpha value is -1.23. The topological polar surface area (TPSA) is 26.3 Å². The fraction of sp³-hybridized carbons (Fsp3) is 0.750. The summed E-state index contributed by atoms with van der Waals surface area (Å²) in [6, 6.07) is 0. The van der Waals surface area contributed by atoms with Crippen LogP contribution >= 0.6 is 0 Å². The number of hydrogen-bond acceptors (Lipinski definition) is 2. The molecule has 0 fully saturated rings. The molecule has 22 heavy (non-hydrogen) atoms. The van der Waals surface area contributed by atoms with Gasteiger partial charge in [0.2, 0.25) is 0 Å². The standard InChI is InChI=1S/C20H34O2/c1-3-5-6-7-8-9-10-11-12-13-14-15-16-17-18-19-20(21)22-4-2/h9-10H,3-8,13-19H2,1-2H3. The highest BCUT2D eigenvalue weighted by atomic mass is 16.5. The number of allylic oxidation sites excluding steroid dienone is 2. The van der Waals surface area contributed by atoms with Crippen molar-refractivity contribution in [3.63, 3.8) is 0 Å². The highest BCUT2D eigenvalue weighted by Crippen LogP contribution is 2.07. The van der Waals surface area contributed by atoms with Gasteiger partial charge in [-0.05, 0) is 38.7 Å². The minimum absolute atomic E-state index is 0.0603. The number of esters is 1. The summed E-state index contributed by atoms with van der Waals surface area (Å²) in [7, 11) is 0. The molecular formula is C20H34O2. The third kappa shape index (κ3) is 16.8. The molecular weight excluding hydrogens is 272 g/mol. The maximum Gasteiger partial charge on any atom is 0.305 e. The van der Waals surface area contributed by atoms with Gasteiger partial charge < -0.3 is 4.74 Å². The zero-order valence-corrected chi connectivity index (χ0v) is 14.7. The van der Waals surface area contributed by atoms with Gasteiger partial charge in [0.1, 0.15) is 0 Å². The largest absolute Gasteiger partial charge is 0.466 e. The average molecular weight is 306 g/mol. The number of unbranched alkanes of at least 4 members (excludes halogenated alkanes) is 9. The summed E-state index contributed by atoms with van der Waals surface area (Å²) >= 11 is 0. The smallest absolute Gasteiger partial charge is 0.305 e. The van der Waals surface area contributed by atoms with E-state index in [9.17, 15) is 4.79 Å². The van der Waals surface area contributed by atoms with Crippen molar-refractivity contribution in [1.82, 2.24) is 0 Å². The van der Waals surface area contributed by atoms with E-state index in [2.05, 4.69) is 24.8 Å². The quantitative estimate of drug-likeness (QED) is 0.244. The second kappa shape index (κ2) is 17.8. The average Bonchev–Trinajstić information content (AvgIpc) is 2.51. The molecule has 0 spiro atoms. The number of rotatable bonds is 13. The van der Waals surface area contributed by atoms with Crippen LogP contribution in [-0.4, -0.2) is 12.6 Å². The van der Waals surface area contributed by atoms with Crippen molar-refractivity contribution in [2.45, 2.75) is 90.9 Å². The second-order valence-electron chi connectivity index (χ2n) is 5.65. The van der Waals surface area contributed by atoms with E-state index in [1.807, 2.05) is 13.0 Å². The van der Waals surface area contributed by atoms with Crippen molar-refractivity contribution < 1.29 is 9.53 Å². The van der Waals surface area contributed by atoms with Gasteiger partial charge in [-0.15, -0.1) is 0 Å². The molecule has 0 unspecified atom stereocenters. The normalized spacial score (nSPS) is 10.5. The molecule has 0 bridgehead atoms. The molecule has 126 valence electrons. The third-order valence-electron chi connectivity index (χ3n) is 3.52. The van der Waals surface area contributed by atoms with Gasteiger partial charge in [0.15, 0.2) is 0 Å². The van der Waals surface area contributed by atoms with Crippen LogP contribution in [0.3, 0.4) is 0 Å². The molecule has 0 radical (unpaired) electrons. The molecule has 0 aromatic rings. The van der Waals surface area contributed by atoms with Crippen molar-refractivity contribution in [1.29, 1.82) is 0 Å². The van der Waals surface area contributed by atoms with Gasteiger partial charge in [0.25, 0.3) is 0 Å². The van der Waals surface area contributed by atoms with Gasteiger partial charge in [-0.3, -0.25) is 4.79 Å². The zero-order chi connectivity index (χ0) is 16.3. The number of carbonyl (C=O) groups excluding carboxylic acids is 1. The molecule has 0 aromatic carbocycles. The molecule has 0 aliphatic heterocycles. The van der Waals surface area contributed by atoms with Crippen LogP contribution in [0.4, 0.5) is 0 Å². The third-order valence-corrected chi connectivity index (χ3v) is 3.52. The van der Waals surface area contributed by atoms with Crippen LogP contribution in [-0.2, 0) is 9.53 Å². The number of ether oxygens (including phenoxy) is 1. The summed E-state index contributed by atoms with van der Waals surface area (Å²) in [6.07, 6.45) is 17.8. The Morgan fingerprint density at radius 2 is 1.68 bits per heavy atom. The molecule has 0 atom stereocenters. The van der Waals surface area contributed by atoms with E-state index in [0.29, 0.717) is 13.0 Å². The van der Waals surface area contributed by atoms with Crippen molar-refractivity contribution in [2.24, 2.45) is 0 Å². The maximum atomic E-state index is 11.1. The minimum Gasteiger partial charge on any atom is -0.466 e. The maximum absolute atomic E-state index is 11.1. The van der Waals surface area contributed by atoms with Crippen LogP contribution in [0.25, 0.3) is 0 Å². The predicted octanol–water partition coefficient (Wildman–Crippen LogP) is 5.81. The SMILES string of the molecule is CCCCCCC=CC#CCCCCCCCC(=O)OCC. The summed E-state index contributed by atoms with van der Waals surface area (Å²) in [4.78, 5) is 11.1. The lowest BCUT2D eigenvalue weighted by Crippen LogP contribution is -2.03. The van der Waals surface area contributed by atoms with Crippen molar-refractivity contribution >= 4 is 5.97 Å². The fourth-order valence-electron chi connectivity index (χ4n) is 2.21. The van der Waals surface area contributed by atoms with Gasteiger partial charge in [-0.25, -0.2) is 0 Å². The Labute approximate surface area is 137 Å². The number of carbonyl (C=O) groups is 1. The lowest BCUT2D eigenvalue weighted by atomic mass is 10.1. The lowest BCUT2D eigenvalue weighted by molar-refractivity contribution is -0.143. The van der Waals surface area contributed by atoms with Crippen LogP contribution in [0.2, 0.25) is 0 Å². The van der Waals surface area contributed by atoms with Crippen molar-refractivity contribution in [2.75, 3.05) is 6.61 Å². The Bertz CT molecular complexity index is 333. The highest BCUT2D eigenvalue weighted by Gasteiger charge is 2.00. The van der Waals surface area contributed by atoms with Gasteiger partial charge in [-0.2, -0.15) is 0 Å². The molecule has 0 aromatic heterocycles. The molecule has 0 saturated heterocycles. The highest BCUT2D eigenvalue weighted by molar-refractivity contribution is 5.69. The second-order valence-corrected chi connectivity index (χ2v) is 5.65. The lowest BCUT2D eigenvalue weighted by Gasteiger charge is -2.01. The Balaban J connectivity index is 3.27. The van der Waals surface area contributed by atoms with Crippen LogP contribution in [0.5, 0.6) is 0 Å². The van der Waals surface area contributed by atoms with Crippen molar-refractivity contribution in [3.8, 4) is 11.8 Å². The van der Waals surface area contributed by atoms with Crippen molar-refractivity contribution in [3.05, 3.63) is 12.2 Å². The van der Waals surface area contributed by atoms with Crippen LogP contribution in [0.15, 0.2) is 12.2 Å². The predicted molar refractivity (Wildman–Crippen MR) is 94.6 cm³/mol. The summed E-state index contributed by atoms with van der Waals surface area (Å²) in [5.41, 5.74) is 0. The van der Waals surface area contributed by atoms with Gasteiger partial charge >= 0.3 is 5.97 Å². The first-order valence-corrected chi connectivity index (χ1v) is 9.10. The molecule has 0 saturated carbocycles. The van der Waals surface area contributed by atoms with Crippen LogP contribution in [0.1, 0.15) is 90.9 Å². The Morgan fingerprint density at radius 3 is 2.45 bits per heavy atom. The van der Waals surface area contributed by atoms with E-state index >= 15 is 0 Å². The molecule has 2 heteroatoms. The zero-order valence-electron chi connectivity index (χ0n) is 14.7. The number of hydrogen-bond donors (Lipinski definition) is 0. The summed E-state index contributed by atoms with van der Waals surface area (Å²) in [6.45, 7) is 4.58. The molecule has 0 rings (SSSR count). The van der Waals surface area contributed by atoms with E-state index in [0.717, 1.165) is 32.1 Å². The molecule has 0 aliphatic rings. The first-order chi connectivity index (χ1) is 10.8. The molecule has 0 aliphatic carbocycles. The molecule has 0 N–H and O–H groups in total. The first-order valence-electron chi connectivity index (χ1n) is 9.10. The summed E-state index contributed by atoms with van der Waals surface area (Å²) in [5.74, 6) is 6.26. The minimum atomic E-state index is -0.0603. The van der Waals surface area contributed by atoms with Crippen LogP contribution < -0.4 is 0 Å². The Kier molecular flexibility index (Phi) is 16.8. The van der Waals surface area contributed by atoms with Crippen LogP contribution in [0, 0.1) is 11.8 Å². The van der Waals surface area contributed by atoms with E-state index in [1.165, 1.54) is 38.5 Å². The van der Waals surface area contributed by atoms with Gasteiger partial charge in [-0.1, -0.05) is 63.4 Å². The first kappa shape index (κ1) is 20.8. The van der Waals surface area contributed by atoms with E-state index in [4.69, 9.17) is 4.74 Å². The molecule has 0 amide bonds. The fourth-order valence-corrected chi connectivity index (χ4v) is 2.21. The van der Waals surface area contributed by atoms with E-state index in [1.54, 1.807) is 0 Å². The molecule has 0 heterocycles. The molecule has 2 nitrogen and oxygen atoms in total. The van der Waals surface area contributed by atoms with Gasteiger partial charge in [0, 0.05) is 12.8 Å². The Morgan fingerprint density at radius 1 is 0.955 bits per heavy atom. The van der Waals surface area contributed by atoms with E-state index in [-0.39, 0.29) is 5.97 Å². The monoisotopic (exact) mass is 306 g/mol. The summed E-state index contributed by atoms with van der Waals surface area (Å²) < 4.78 is 4.90. The van der Waals surface area contributed by atoms with E-state index < -0.39 is 0 Å².